The smallest absolute Gasteiger partial charge is 0.279 e. The Morgan fingerprint density at radius 1 is 1.24 bits per heavy atom. The molecule has 3 rings (SSSR count). The Hall–Kier alpha value is -2.14. The van der Waals surface area contributed by atoms with Crippen molar-refractivity contribution < 1.29 is 0 Å². The van der Waals surface area contributed by atoms with Crippen LogP contribution < -0.4 is 5.56 Å². The lowest BCUT2D eigenvalue weighted by Gasteiger charge is -2.05. The number of fused-ring (bicyclic) bond motifs is 1. The first-order valence-electron chi connectivity index (χ1n) is 6.77. The van der Waals surface area contributed by atoms with Crippen molar-refractivity contribution in [2.75, 3.05) is 0 Å². The van der Waals surface area contributed by atoms with E-state index >= 15 is 0 Å². The highest BCUT2D eigenvalue weighted by Crippen LogP contribution is 2.21. The van der Waals surface area contributed by atoms with E-state index in [4.69, 9.17) is 11.6 Å². The fourth-order valence-corrected chi connectivity index (χ4v) is 2.49. The fourth-order valence-electron chi connectivity index (χ4n) is 2.28. The number of halogens is 1. The van der Waals surface area contributed by atoms with Crippen molar-refractivity contribution in [2.24, 2.45) is 0 Å². The predicted molar refractivity (Wildman–Crippen MR) is 82.9 cm³/mol. The molecule has 0 unspecified atom stereocenters. The fraction of sp³-hybridized carbons (Fsp3) is 0.267. The Kier molecular flexibility index (Phi) is 3.51. The van der Waals surface area contributed by atoms with Gasteiger partial charge in [0.15, 0.2) is 5.52 Å². The highest BCUT2D eigenvalue weighted by atomic mass is 35.5. The van der Waals surface area contributed by atoms with Crippen molar-refractivity contribution in [1.82, 2.24) is 20.2 Å². The Morgan fingerprint density at radius 3 is 2.71 bits per heavy atom. The summed E-state index contributed by atoms with van der Waals surface area (Å²) in [7, 11) is 0. The normalized spacial score (nSPS) is 11.4. The summed E-state index contributed by atoms with van der Waals surface area (Å²) < 4.78 is 0. The van der Waals surface area contributed by atoms with Crippen LogP contribution >= 0.6 is 11.6 Å². The summed E-state index contributed by atoms with van der Waals surface area (Å²) in [5, 5.41) is 7.61. The molecule has 0 aliphatic heterocycles. The molecule has 0 amide bonds. The van der Waals surface area contributed by atoms with Gasteiger partial charge in [-0.1, -0.05) is 43.6 Å². The van der Waals surface area contributed by atoms with Crippen LogP contribution in [0.4, 0.5) is 0 Å². The second-order valence-corrected chi connectivity index (χ2v) is 5.68. The van der Waals surface area contributed by atoms with E-state index in [0.717, 1.165) is 11.3 Å². The van der Waals surface area contributed by atoms with Gasteiger partial charge in [0.25, 0.3) is 5.56 Å². The molecule has 108 valence electrons. The maximum absolute atomic E-state index is 12.1. The van der Waals surface area contributed by atoms with Gasteiger partial charge >= 0.3 is 0 Å². The van der Waals surface area contributed by atoms with E-state index in [-0.39, 0.29) is 11.5 Å². The molecule has 0 aliphatic rings. The summed E-state index contributed by atoms with van der Waals surface area (Å²) >= 11 is 6.15. The monoisotopic (exact) mass is 302 g/mol. The largest absolute Gasteiger partial charge is 0.308 e. The number of benzene rings is 1. The molecule has 0 fully saturated rings. The average molecular weight is 303 g/mol. The molecule has 2 heterocycles. The van der Waals surface area contributed by atoms with Gasteiger partial charge in [0, 0.05) is 11.4 Å². The standard InChI is InChI=1S/C15H15ClN4O/c1-8(2)12-13-14(20-19-12)15(21)18-11(17-13)7-9-5-3-4-6-10(9)16/h3-6,8H,7H2,1-2H3,(H,19,20)(H,17,18,21). The summed E-state index contributed by atoms with van der Waals surface area (Å²) in [6, 6.07) is 7.53. The Balaban J connectivity index is 2.10. The zero-order chi connectivity index (χ0) is 15.0. The van der Waals surface area contributed by atoms with E-state index in [0.29, 0.717) is 28.3 Å². The zero-order valence-electron chi connectivity index (χ0n) is 11.8. The van der Waals surface area contributed by atoms with Gasteiger partial charge in [-0.2, -0.15) is 5.10 Å². The maximum atomic E-state index is 12.1. The van der Waals surface area contributed by atoms with E-state index in [1.165, 1.54) is 0 Å². The number of nitrogens with zero attached hydrogens (tertiary/aromatic N) is 2. The minimum Gasteiger partial charge on any atom is -0.308 e. The first kappa shape index (κ1) is 13.8. The topological polar surface area (TPSA) is 74.4 Å². The number of hydrogen-bond donors (Lipinski definition) is 2. The molecule has 5 nitrogen and oxygen atoms in total. The lowest BCUT2D eigenvalue weighted by atomic mass is 10.1. The molecule has 2 N–H and O–H groups in total. The van der Waals surface area contributed by atoms with Crippen LogP contribution in [0, 0.1) is 0 Å². The van der Waals surface area contributed by atoms with Crippen molar-refractivity contribution in [1.29, 1.82) is 0 Å². The molecular formula is C15H15ClN4O. The molecular weight excluding hydrogens is 288 g/mol. The third-order valence-corrected chi connectivity index (χ3v) is 3.75. The van der Waals surface area contributed by atoms with Gasteiger partial charge in [0.05, 0.1) is 5.69 Å². The lowest BCUT2D eigenvalue weighted by molar-refractivity contribution is 0.814. The van der Waals surface area contributed by atoms with Gasteiger partial charge in [-0.25, -0.2) is 4.98 Å². The minimum atomic E-state index is -0.231. The summed E-state index contributed by atoms with van der Waals surface area (Å²) in [6.45, 7) is 4.06. The number of aromatic nitrogens is 4. The van der Waals surface area contributed by atoms with Crippen LogP contribution in [0.5, 0.6) is 0 Å². The third kappa shape index (κ3) is 2.56. The molecule has 1 aromatic carbocycles. The molecule has 0 saturated heterocycles. The molecule has 3 aromatic rings. The number of hydrogen-bond acceptors (Lipinski definition) is 3. The summed E-state index contributed by atoms with van der Waals surface area (Å²) in [4.78, 5) is 19.4. The van der Waals surface area contributed by atoms with Gasteiger partial charge in [-0.15, -0.1) is 0 Å². The van der Waals surface area contributed by atoms with Crippen LogP contribution in [-0.4, -0.2) is 20.2 Å². The third-order valence-electron chi connectivity index (χ3n) is 3.38. The maximum Gasteiger partial charge on any atom is 0.279 e. The second kappa shape index (κ2) is 5.33. The molecule has 0 spiro atoms. The van der Waals surface area contributed by atoms with Crippen molar-refractivity contribution in [3.63, 3.8) is 0 Å². The van der Waals surface area contributed by atoms with Crippen LogP contribution in [0.25, 0.3) is 11.0 Å². The van der Waals surface area contributed by atoms with E-state index in [1.54, 1.807) is 0 Å². The Labute approximate surface area is 126 Å². The Bertz CT molecular complexity index is 850. The van der Waals surface area contributed by atoms with Crippen molar-refractivity contribution in [3.05, 3.63) is 56.7 Å². The van der Waals surface area contributed by atoms with E-state index in [2.05, 4.69) is 20.2 Å². The highest BCUT2D eigenvalue weighted by Gasteiger charge is 2.15. The first-order valence-corrected chi connectivity index (χ1v) is 7.14. The molecule has 21 heavy (non-hydrogen) atoms. The molecule has 0 atom stereocenters. The molecule has 2 aromatic heterocycles. The molecule has 0 radical (unpaired) electrons. The van der Waals surface area contributed by atoms with Crippen LogP contribution in [0.1, 0.15) is 36.8 Å². The number of rotatable bonds is 3. The number of nitrogens with one attached hydrogen (secondary N) is 2. The highest BCUT2D eigenvalue weighted by molar-refractivity contribution is 6.31. The molecule has 0 bridgehead atoms. The van der Waals surface area contributed by atoms with Gasteiger partial charge in [0.2, 0.25) is 0 Å². The number of aromatic amines is 2. The summed E-state index contributed by atoms with van der Waals surface area (Å²) in [5.74, 6) is 0.807. The SMILES string of the molecule is CC(C)c1[nH]nc2c(=O)[nH]c(Cc3ccccc3Cl)nc12. The van der Waals surface area contributed by atoms with Gasteiger partial charge < -0.3 is 4.98 Å². The van der Waals surface area contributed by atoms with Gasteiger partial charge in [-0.3, -0.25) is 9.89 Å². The van der Waals surface area contributed by atoms with Crippen LogP contribution in [-0.2, 0) is 6.42 Å². The predicted octanol–water partition coefficient (Wildman–Crippen LogP) is 3.01. The molecule has 6 heteroatoms. The van der Waals surface area contributed by atoms with Crippen molar-refractivity contribution >= 4 is 22.6 Å². The minimum absolute atomic E-state index is 0.220. The quantitative estimate of drug-likeness (QED) is 0.781. The molecule has 0 saturated carbocycles. The van der Waals surface area contributed by atoms with Gasteiger partial charge in [-0.05, 0) is 17.5 Å². The van der Waals surface area contributed by atoms with Crippen LogP contribution in [0.3, 0.4) is 0 Å². The Morgan fingerprint density at radius 2 is 2.00 bits per heavy atom. The average Bonchev–Trinajstić information content (AvgIpc) is 2.86. The van der Waals surface area contributed by atoms with E-state index in [9.17, 15) is 4.79 Å². The first-order chi connectivity index (χ1) is 10.1. The lowest BCUT2D eigenvalue weighted by Crippen LogP contribution is -2.12. The number of H-pyrrole nitrogens is 2. The summed E-state index contributed by atoms with van der Waals surface area (Å²) in [5.41, 5.74) is 2.55. The van der Waals surface area contributed by atoms with Gasteiger partial charge in [0.1, 0.15) is 11.3 Å². The summed E-state index contributed by atoms with van der Waals surface area (Å²) in [6.07, 6.45) is 0.480. The van der Waals surface area contributed by atoms with E-state index in [1.807, 2.05) is 38.1 Å². The van der Waals surface area contributed by atoms with Crippen molar-refractivity contribution in [3.8, 4) is 0 Å². The zero-order valence-corrected chi connectivity index (χ0v) is 12.5. The van der Waals surface area contributed by atoms with Crippen LogP contribution in [0.15, 0.2) is 29.1 Å². The van der Waals surface area contributed by atoms with E-state index < -0.39 is 0 Å². The van der Waals surface area contributed by atoms with Crippen molar-refractivity contribution in [2.45, 2.75) is 26.2 Å². The second-order valence-electron chi connectivity index (χ2n) is 5.27. The molecule has 0 aliphatic carbocycles. The van der Waals surface area contributed by atoms with Crippen LogP contribution in [0.2, 0.25) is 5.02 Å².